The van der Waals surface area contributed by atoms with Crippen LogP contribution in [0, 0.1) is 0 Å². The molecule has 0 spiro atoms. The number of nitrogens with zero attached hydrogens (tertiary/aromatic N) is 1. The molecule has 1 N–H and O–H groups in total. The Morgan fingerprint density at radius 1 is 1.22 bits per heavy atom. The number of hydrogen-bond acceptors (Lipinski definition) is 7. The number of carbonyl (C=O) groups is 2. The van der Waals surface area contributed by atoms with Crippen LogP contribution in [0.5, 0.6) is 0 Å². The number of alkyl carbamates (subject to hydrolysis) is 1. The summed E-state index contributed by atoms with van der Waals surface area (Å²) in [6.45, 7) is 7.54. The Morgan fingerprint density at radius 2 is 1.87 bits per heavy atom. The summed E-state index contributed by atoms with van der Waals surface area (Å²) in [7, 11) is 1.30. The van der Waals surface area contributed by atoms with E-state index in [2.05, 4.69) is 5.32 Å². The Kier molecular flexibility index (Phi) is 8.29. The number of amides is 1. The van der Waals surface area contributed by atoms with E-state index < -0.39 is 23.7 Å². The van der Waals surface area contributed by atoms with Crippen LogP contribution in [0.4, 0.5) is 4.79 Å². The lowest BCUT2D eigenvalue weighted by molar-refractivity contribution is -0.182. The molecule has 0 unspecified atom stereocenters. The molecule has 0 aromatic carbocycles. The van der Waals surface area contributed by atoms with Gasteiger partial charge in [0.05, 0.1) is 7.11 Å². The van der Waals surface area contributed by atoms with Gasteiger partial charge in [-0.15, -0.1) is 0 Å². The van der Waals surface area contributed by atoms with E-state index in [1.165, 1.54) is 7.11 Å². The third kappa shape index (κ3) is 8.73. The molecule has 1 atom stereocenters. The molecular weight excluding hydrogens is 304 g/mol. The quantitative estimate of drug-likeness (QED) is 0.557. The highest BCUT2D eigenvalue weighted by Crippen LogP contribution is 2.10. The van der Waals surface area contributed by atoms with Crippen molar-refractivity contribution in [3.05, 3.63) is 0 Å². The fraction of sp³-hybridized carbons (Fsp3) is 0.867. The topological polar surface area (TPSA) is 86.3 Å². The van der Waals surface area contributed by atoms with Crippen molar-refractivity contribution >= 4 is 12.1 Å². The molecule has 0 radical (unpaired) electrons. The Morgan fingerprint density at radius 3 is 2.43 bits per heavy atom. The first-order chi connectivity index (χ1) is 10.8. The fourth-order valence-electron chi connectivity index (χ4n) is 2.08. The van der Waals surface area contributed by atoms with E-state index in [1.54, 1.807) is 20.8 Å². The van der Waals surface area contributed by atoms with Crippen LogP contribution in [0.3, 0.4) is 0 Å². The number of nitrogens with one attached hydrogen (secondary N) is 1. The molecule has 1 aliphatic heterocycles. The predicted molar refractivity (Wildman–Crippen MR) is 82.5 cm³/mol. The van der Waals surface area contributed by atoms with Gasteiger partial charge in [-0.2, -0.15) is 0 Å². The normalized spacial score (nSPS) is 17.4. The zero-order valence-corrected chi connectivity index (χ0v) is 14.4. The molecule has 1 rings (SSSR count). The van der Waals surface area contributed by atoms with Crippen LogP contribution in [0.2, 0.25) is 0 Å². The van der Waals surface area contributed by atoms with Crippen molar-refractivity contribution < 1.29 is 28.5 Å². The highest BCUT2D eigenvalue weighted by atomic mass is 16.7. The van der Waals surface area contributed by atoms with Gasteiger partial charge in [-0.25, -0.2) is 9.59 Å². The van der Waals surface area contributed by atoms with Crippen molar-refractivity contribution in [2.45, 2.75) is 51.7 Å². The molecule has 23 heavy (non-hydrogen) atoms. The van der Waals surface area contributed by atoms with Crippen molar-refractivity contribution in [1.29, 1.82) is 0 Å². The van der Waals surface area contributed by atoms with Crippen LogP contribution >= 0.6 is 0 Å². The van der Waals surface area contributed by atoms with Crippen molar-refractivity contribution in [1.82, 2.24) is 10.2 Å². The van der Waals surface area contributed by atoms with Gasteiger partial charge in [-0.05, 0) is 40.0 Å². The molecule has 1 amide bonds. The minimum Gasteiger partial charge on any atom is -0.467 e. The molecule has 134 valence electrons. The smallest absolute Gasteiger partial charge is 0.408 e. The van der Waals surface area contributed by atoms with Gasteiger partial charge in [0.2, 0.25) is 0 Å². The second-order valence-electron chi connectivity index (χ2n) is 6.40. The van der Waals surface area contributed by atoms with Gasteiger partial charge in [-0.3, -0.25) is 4.90 Å². The van der Waals surface area contributed by atoms with Gasteiger partial charge in [0.1, 0.15) is 31.9 Å². The number of ether oxygens (including phenoxy) is 4. The average Bonchev–Trinajstić information content (AvgIpc) is 2.48. The van der Waals surface area contributed by atoms with E-state index >= 15 is 0 Å². The molecular formula is C15H28N2O6. The van der Waals surface area contributed by atoms with Crippen molar-refractivity contribution in [3.8, 4) is 0 Å². The van der Waals surface area contributed by atoms with Gasteiger partial charge in [0, 0.05) is 6.54 Å². The van der Waals surface area contributed by atoms with E-state index in [9.17, 15) is 9.59 Å². The molecule has 1 aliphatic rings. The van der Waals surface area contributed by atoms with Crippen molar-refractivity contribution in [2.75, 3.05) is 33.9 Å². The summed E-state index contributed by atoms with van der Waals surface area (Å²) in [5.41, 5.74) is -0.612. The Labute approximate surface area is 137 Å². The van der Waals surface area contributed by atoms with Crippen LogP contribution in [0.1, 0.15) is 40.0 Å². The highest BCUT2D eigenvalue weighted by Gasteiger charge is 2.24. The van der Waals surface area contributed by atoms with E-state index in [0.29, 0.717) is 26.7 Å². The number of hydrogen-bond donors (Lipinski definition) is 1. The molecule has 1 saturated heterocycles. The Bertz CT molecular complexity index is 377. The van der Waals surface area contributed by atoms with Crippen LogP contribution < -0.4 is 5.32 Å². The zero-order chi connectivity index (χ0) is 17.3. The summed E-state index contributed by atoms with van der Waals surface area (Å²) in [5.74, 6) is -0.472. The molecule has 8 heteroatoms. The summed E-state index contributed by atoms with van der Waals surface area (Å²) in [4.78, 5) is 25.6. The number of rotatable bonds is 7. The number of carbonyl (C=O) groups excluding carboxylic acids is 2. The monoisotopic (exact) mass is 332 g/mol. The Hall–Kier alpha value is -1.38. The van der Waals surface area contributed by atoms with Crippen LogP contribution in [-0.2, 0) is 23.7 Å². The first-order valence-electron chi connectivity index (χ1n) is 7.77. The lowest BCUT2D eigenvalue weighted by atomic mass is 10.1. The average molecular weight is 332 g/mol. The third-order valence-corrected chi connectivity index (χ3v) is 3.11. The molecule has 0 aliphatic carbocycles. The van der Waals surface area contributed by atoms with E-state index in [0.717, 1.165) is 19.4 Å². The van der Waals surface area contributed by atoms with Crippen LogP contribution in [0.15, 0.2) is 0 Å². The summed E-state index contributed by atoms with van der Waals surface area (Å²) >= 11 is 0. The highest BCUT2D eigenvalue weighted by molar-refractivity contribution is 5.81. The van der Waals surface area contributed by atoms with Crippen molar-refractivity contribution in [3.63, 3.8) is 0 Å². The maximum absolute atomic E-state index is 11.8. The number of unbranched alkanes of at least 4 members (excludes halogenated alkanes) is 1. The molecule has 8 nitrogen and oxygen atoms in total. The predicted octanol–water partition coefficient (Wildman–Crippen LogP) is 1.44. The van der Waals surface area contributed by atoms with E-state index in [1.807, 2.05) is 4.90 Å². The van der Waals surface area contributed by atoms with Crippen molar-refractivity contribution in [2.24, 2.45) is 0 Å². The van der Waals surface area contributed by atoms with Gasteiger partial charge in [-0.1, -0.05) is 0 Å². The molecule has 0 aromatic heterocycles. The number of esters is 1. The first-order valence-corrected chi connectivity index (χ1v) is 7.77. The van der Waals surface area contributed by atoms with Crippen LogP contribution in [0.25, 0.3) is 0 Å². The Balaban J connectivity index is 2.33. The largest absolute Gasteiger partial charge is 0.467 e. The second kappa shape index (κ2) is 9.69. The summed E-state index contributed by atoms with van der Waals surface area (Å²) in [6, 6.07) is -0.705. The van der Waals surface area contributed by atoms with Crippen LogP contribution in [-0.4, -0.2) is 62.5 Å². The molecule has 0 saturated carbocycles. The molecule has 1 fully saturated rings. The molecule has 0 bridgehead atoms. The second-order valence-corrected chi connectivity index (χ2v) is 6.40. The van der Waals surface area contributed by atoms with Gasteiger partial charge >= 0.3 is 12.1 Å². The maximum Gasteiger partial charge on any atom is 0.408 e. The standard InChI is InChI=1S/C15H28N2O6/c1-15(2,3)23-14(19)16-12(13(18)20-4)7-5-6-8-17-9-21-11-22-10-17/h12H,5-11H2,1-4H3,(H,16,19)/t12-/m0/s1. The molecule has 1 heterocycles. The lowest BCUT2D eigenvalue weighted by Gasteiger charge is -2.26. The SMILES string of the molecule is COC(=O)[C@H](CCCCN1COCOC1)NC(=O)OC(C)(C)C. The minimum absolute atomic E-state index is 0.334. The maximum atomic E-state index is 11.8. The van der Waals surface area contributed by atoms with Gasteiger partial charge < -0.3 is 24.3 Å². The van der Waals surface area contributed by atoms with Gasteiger partial charge in [0.15, 0.2) is 0 Å². The van der Waals surface area contributed by atoms with E-state index in [-0.39, 0.29) is 0 Å². The van der Waals surface area contributed by atoms with E-state index in [4.69, 9.17) is 18.9 Å². The fourth-order valence-corrected chi connectivity index (χ4v) is 2.08. The molecule has 0 aromatic rings. The minimum atomic E-state index is -0.705. The number of methoxy groups -OCH3 is 1. The summed E-state index contributed by atoms with van der Waals surface area (Å²) < 4.78 is 20.2. The summed E-state index contributed by atoms with van der Waals surface area (Å²) in [6.07, 6.45) is 1.48. The summed E-state index contributed by atoms with van der Waals surface area (Å²) in [5, 5.41) is 2.56. The zero-order valence-electron chi connectivity index (χ0n) is 14.4. The first kappa shape index (κ1) is 19.7. The van der Waals surface area contributed by atoms with Gasteiger partial charge in [0.25, 0.3) is 0 Å². The lowest BCUT2D eigenvalue weighted by Crippen LogP contribution is -2.44. The third-order valence-electron chi connectivity index (χ3n) is 3.11.